The maximum Gasteiger partial charge on any atom is 0.429 e. The van der Waals surface area contributed by atoms with Crippen LogP contribution in [0.5, 0.6) is 0 Å². The highest BCUT2D eigenvalue weighted by molar-refractivity contribution is 6.21. The van der Waals surface area contributed by atoms with Crippen LogP contribution in [-0.2, 0) is 4.79 Å². The number of quaternary nitrogens is 1. The average molecular weight is 338 g/mol. The Hall–Kier alpha value is -2.80. The van der Waals surface area contributed by atoms with Crippen molar-refractivity contribution in [1.29, 1.82) is 0 Å². The molecular weight excluding hydrogens is 322 g/mol. The van der Waals surface area contributed by atoms with Crippen molar-refractivity contribution < 1.29 is 19.4 Å². The molecule has 2 aliphatic heterocycles. The van der Waals surface area contributed by atoms with E-state index in [0.29, 0.717) is 16.5 Å². The molecule has 1 saturated carbocycles. The van der Waals surface area contributed by atoms with Gasteiger partial charge in [0.25, 0.3) is 11.6 Å². The van der Waals surface area contributed by atoms with Crippen LogP contribution in [0.15, 0.2) is 36.4 Å². The minimum Gasteiger partial charge on any atom is -0.267 e. The van der Waals surface area contributed by atoms with E-state index >= 15 is 0 Å². The van der Waals surface area contributed by atoms with Crippen LogP contribution in [0.3, 0.4) is 0 Å². The zero-order valence-electron chi connectivity index (χ0n) is 13.3. The third-order valence-corrected chi connectivity index (χ3v) is 5.97. The first kappa shape index (κ1) is 14.5. The van der Waals surface area contributed by atoms with Crippen molar-refractivity contribution in [1.82, 2.24) is 0 Å². The molecular formula is C18H16N3O4+. The molecule has 3 amide bonds. The lowest BCUT2D eigenvalue weighted by molar-refractivity contribution is -0.844. The van der Waals surface area contributed by atoms with E-state index in [0.717, 1.165) is 24.2 Å². The van der Waals surface area contributed by atoms with E-state index in [1.807, 2.05) is 0 Å². The number of nitro groups is 1. The van der Waals surface area contributed by atoms with Crippen LogP contribution >= 0.6 is 0 Å². The first-order chi connectivity index (χ1) is 12.1. The lowest BCUT2D eigenvalue weighted by Crippen LogP contribution is -3.18. The fourth-order valence-corrected chi connectivity index (χ4v) is 4.97. The molecule has 2 saturated heterocycles. The third-order valence-electron chi connectivity index (χ3n) is 5.97. The lowest BCUT2D eigenvalue weighted by Gasteiger charge is -2.20. The first-order valence-electron chi connectivity index (χ1n) is 8.49. The van der Waals surface area contributed by atoms with Gasteiger partial charge in [0.1, 0.15) is 0 Å². The number of fused-ring (bicyclic) bond motifs is 6. The van der Waals surface area contributed by atoms with Gasteiger partial charge in [0.05, 0.1) is 22.0 Å². The monoisotopic (exact) mass is 338 g/mol. The van der Waals surface area contributed by atoms with Crippen molar-refractivity contribution >= 4 is 34.1 Å². The molecule has 5 rings (SSSR count). The highest BCUT2D eigenvalue weighted by Gasteiger charge is 2.64. The molecule has 2 aromatic rings. The van der Waals surface area contributed by atoms with Gasteiger partial charge in [0.2, 0.25) is 0 Å². The highest BCUT2D eigenvalue weighted by atomic mass is 16.6. The summed E-state index contributed by atoms with van der Waals surface area (Å²) in [7, 11) is 0. The van der Waals surface area contributed by atoms with E-state index in [4.69, 9.17) is 0 Å². The lowest BCUT2D eigenvalue weighted by atomic mass is 9.99. The SMILES string of the molecule is O=C1[C@H]2C3CCC(C3)[NH+]2C(=O)N1c1ccc([N+](=O)[O-])c2ccccc12. The maximum absolute atomic E-state index is 13.0. The average Bonchev–Trinajstić information content (AvgIpc) is 3.28. The minimum absolute atomic E-state index is 0.0219. The standard InChI is InChI=1S/C18H15N3O4/c22-17-16-10-5-6-11(9-10)19(16)18(23)20(17)14-7-8-15(21(24)25)13-4-2-1-3-12(13)14/h1-4,7-8,10-11,16H,5-6,9H2/p+1/t10?,11?,16-/m1/s1. The van der Waals surface area contributed by atoms with Crippen molar-refractivity contribution in [2.45, 2.75) is 31.3 Å². The van der Waals surface area contributed by atoms with Crippen molar-refractivity contribution in [3.8, 4) is 0 Å². The Morgan fingerprint density at radius 3 is 2.56 bits per heavy atom. The molecule has 4 atom stereocenters. The van der Waals surface area contributed by atoms with Gasteiger partial charge < -0.3 is 0 Å². The second-order valence-corrected chi connectivity index (χ2v) is 7.09. The number of piperidine rings is 1. The van der Waals surface area contributed by atoms with Crippen molar-refractivity contribution in [3.63, 3.8) is 0 Å². The zero-order chi connectivity index (χ0) is 17.3. The summed E-state index contributed by atoms with van der Waals surface area (Å²) in [6.07, 6.45) is 2.95. The number of hydrogen-bond donors (Lipinski definition) is 1. The number of carbonyl (C=O) groups excluding carboxylic acids is 2. The van der Waals surface area contributed by atoms with Crippen LogP contribution in [0.25, 0.3) is 10.8 Å². The summed E-state index contributed by atoms with van der Waals surface area (Å²) in [4.78, 5) is 38.9. The molecule has 25 heavy (non-hydrogen) atoms. The molecule has 2 heterocycles. The highest BCUT2D eigenvalue weighted by Crippen LogP contribution is 2.39. The summed E-state index contributed by atoms with van der Waals surface area (Å²) in [6, 6.07) is 9.52. The van der Waals surface area contributed by atoms with Gasteiger partial charge in [-0.2, -0.15) is 4.90 Å². The molecule has 1 N–H and O–H groups in total. The molecule has 2 aromatic carbocycles. The number of amides is 3. The van der Waals surface area contributed by atoms with E-state index in [1.54, 1.807) is 24.3 Å². The van der Waals surface area contributed by atoms with Crippen LogP contribution in [-0.4, -0.2) is 28.9 Å². The van der Waals surface area contributed by atoms with Gasteiger partial charge in [-0.1, -0.05) is 18.2 Å². The van der Waals surface area contributed by atoms with Crippen molar-refractivity contribution in [2.24, 2.45) is 5.92 Å². The summed E-state index contributed by atoms with van der Waals surface area (Å²) in [6.45, 7) is 0. The molecule has 2 bridgehead atoms. The summed E-state index contributed by atoms with van der Waals surface area (Å²) in [5, 5.41) is 12.3. The molecule has 0 aromatic heterocycles. The number of nitrogens with one attached hydrogen (secondary N) is 1. The molecule has 7 heteroatoms. The van der Waals surface area contributed by atoms with Gasteiger partial charge in [-0.3, -0.25) is 14.9 Å². The largest absolute Gasteiger partial charge is 0.429 e. The number of rotatable bonds is 2. The number of nitro benzene ring substituents is 1. The predicted octanol–water partition coefficient (Wildman–Crippen LogP) is 1.65. The Morgan fingerprint density at radius 1 is 1.08 bits per heavy atom. The quantitative estimate of drug-likeness (QED) is 0.513. The van der Waals surface area contributed by atoms with E-state index in [2.05, 4.69) is 0 Å². The maximum atomic E-state index is 13.0. The van der Waals surface area contributed by atoms with Gasteiger partial charge in [-0.05, 0) is 18.6 Å². The van der Waals surface area contributed by atoms with Crippen LogP contribution in [0.2, 0.25) is 0 Å². The number of urea groups is 1. The van der Waals surface area contributed by atoms with E-state index < -0.39 is 4.92 Å². The molecule has 3 aliphatic rings. The topological polar surface area (TPSA) is 85.0 Å². The zero-order valence-corrected chi connectivity index (χ0v) is 13.3. The number of nitrogens with zero attached hydrogens (tertiary/aromatic N) is 2. The first-order valence-corrected chi connectivity index (χ1v) is 8.49. The Bertz CT molecular complexity index is 928. The van der Waals surface area contributed by atoms with E-state index in [9.17, 15) is 19.7 Å². The minimum atomic E-state index is -0.441. The molecule has 3 unspecified atom stereocenters. The fraction of sp³-hybridized carbons (Fsp3) is 0.333. The number of anilines is 1. The Kier molecular flexibility index (Phi) is 2.82. The van der Waals surface area contributed by atoms with Crippen LogP contribution < -0.4 is 9.80 Å². The summed E-state index contributed by atoms with van der Waals surface area (Å²) >= 11 is 0. The number of benzene rings is 2. The third kappa shape index (κ3) is 1.78. The summed E-state index contributed by atoms with van der Waals surface area (Å²) < 4.78 is 0. The smallest absolute Gasteiger partial charge is 0.267 e. The number of carbonyl (C=O) groups is 2. The number of hydrogen-bond acceptors (Lipinski definition) is 4. The Balaban J connectivity index is 1.67. The second-order valence-electron chi connectivity index (χ2n) is 7.09. The van der Waals surface area contributed by atoms with Crippen LogP contribution in [0, 0.1) is 16.0 Å². The van der Waals surface area contributed by atoms with Gasteiger partial charge in [-0.25, -0.2) is 9.69 Å². The fourth-order valence-electron chi connectivity index (χ4n) is 4.97. The van der Waals surface area contributed by atoms with E-state index in [1.165, 1.54) is 17.0 Å². The molecule has 7 nitrogen and oxygen atoms in total. The molecule has 3 fully saturated rings. The summed E-state index contributed by atoms with van der Waals surface area (Å²) in [5.74, 6) is 0.122. The Morgan fingerprint density at radius 2 is 1.84 bits per heavy atom. The number of imide groups is 1. The van der Waals surface area contributed by atoms with Crippen LogP contribution in [0.4, 0.5) is 16.2 Å². The second kappa shape index (κ2) is 4.86. The van der Waals surface area contributed by atoms with E-state index in [-0.39, 0.29) is 35.6 Å². The molecule has 126 valence electrons. The van der Waals surface area contributed by atoms with Gasteiger partial charge in [0, 0.05) is 30.2 Å². The molecule has 0 radical (unpaired) electrons. The molecule has 1 aliphatic carbocycles. The number of non-ortho nitro benzene ring substituents is 1. The van der Waals surface area contributed by atoms with Gasteiger partial charge >= 0.3 is 6.03 Å². The predicted molar refractivity (Wildman–Crippen MR) is 89.4 cm³/mol. The normalized spacial score (nSPS) is 30.3. The van der Waals surface area contributed by atoms with Gasteiger partial charge in [-0.15, -0.1) is 0 Å². The summed E-state index contributed by atoms with van der Waals surface area (Å²) in [5.41, 5.74) is 0.434. The van der Waals surface area contributed by atoms with Crippen LogP contribution in [0.1, 0.15) is 19.3 Å². The van der Waals surface area contributed by atoms with Crippen molar-refractivity contribution in [3.05, 3.63) is 46.5 Å². The Labute approximate surface area is 143 Å². The molecule has 0 spiro atoms. The van der Waals surface area contributed by atoms with Gasteiger partial charge in [0.15, 0.2) is 6.04 Å². The van der Waals surface area contributed by atoms with Crippen molar-refractivity contribution in [2.75, 3.05) is 4.90 Å².